The fourth-order valence-electron chi connectivity index (χ4n) is 5.37. The van der Waals surface area contributed by atoms with E-state index in [1.165, 1.54) is 37.8 Å². The summed E-state index contributed by atoms with van der Waals surface area (Å²) < 4.78 is 25.6. The summed E-state index contributed by atoms with van der Waals surface area (Å²) in [5.74, 6) is -0.573. The van der Waals surface area contributed by atoms with Gasteiger partial charge in [0.05, 0.1) is 42.9 Å². The van der Waals surface area contributed by atoms with Gasteiger partial charge in [0, 0.05) is 12.0 Å². The van der Waals surface area contributed by atoms with Gasteiger partial charge in [0.25, 0.3) is 11.4 Å². The van der Waals surface area contributed by atoms with Crippen LogP contribution in [0.15, 0.2) is 55.1 Å². The Morgan fingerprint density at radius 3 is 2.54 bits per heavy atom. The molecule has 0 amide bonds. The second kappa shape index (κ2) is 11.0. The molecule has 41 heavy (non-hydrogen) atoms. The van der Waals surface area contributed by atoms with Gasteiger partial charge in [-0.1, -0.05) is 18.2 Å². The molecule has 3 aromatic heterocycles. The van der Waals surface area contributed by atoms with E-state index in [0.717, 1.165) is 4.57 Å². The van der Waals surface area contributed by atoms with Crippen LogP contribution in [0.1, 0.15) is 62.5 Å². The number of aromatic nitrogens is 3. The number of aryl methyl sites for hydroxylation is 1. The molecule has 1 saturated carbocycles. The zero-order valence-corrected chi connectivity index (χ0v) is 23.3. The highest BCUT2D eigenvalue weighted by Gasteiger charge is 2.37. The molecule has 0 aliphatic heterocycles. The summed E-state index contributed by atoms with van der Waals surface area (Å²) in [6.07, 6.45) is 3.83. The minimum atomic E-state index is -1.88. The highest BCUT2D eigenvalue weighted by Crippen LogP contribution is 2.35. The lowest BCUT2D eigenvalue weighted by molar-refractivity contribution is -0.146. The van der Waals surface area contributed by atoms with Gasteiger partial charge in [-0.2, -0.15) is 0 Å². The lowest BCUT2D eigenvalue weighted by atomic mass is 9.94. The molecule has 1 fully saturated rings. The van der Waals surface area contributed by atoms with Crippen molar-refractivity contribution >= 4 is 11.7 Å². The molecule has 1 atom stereocenters. The molecule has 2 N–H and O–H groups in total. The molecule has 1 aliphatic rings. The van der Waals surface area contributed by atoms with Crippen LogP contribution in [0.5, 0.6) is 5.75 Å². The van der Waals surface area contributed by atoms with E-state index in [1.54, 1.807) is 13.0 Å². The summed E-state index contributed by atoms with van der Waals surface area (Å²) in [5.41, 5.74) is -2.59. The largest absolute Gasteiger partial charge is 0.496 e. The van der Waals surface area contributed by atoms with E-state index in [-0.39, 0.29) is 41.6 Å². The summed E-state index contributed by atoms with van der Waals surface area (Å²) in [5, 5.41) is 20.0. The Kier molecular flexibility index (Phi) is 7.62. The molecule has 1 aromatic carbocycles. The van der Waals surface area contributed by atoms with Crippen molar-refractivity contribution in [3.8, 4) is 17.4 Å². The van der Waals surface area contributed by atoms with E-state index in [4.69, 9.17) is 18.3 Å². The number of hydrogen-bond acceptors (Lipinski definition) is 9. The fraction of sp³-hybridized carbons (Fsp3) is 0.448. The van der Waals surface area contributed by atoms with Crippen molar-refractivity contribution in [3.63, 3.8) is 0 Å². The topological polar surface area (TPSA) is 159 Å². The van der Waals surface area contributed by atoms with Crippen molar-refractivity contribution in [2.45, 2.75) is 76.7 Å². The molecule has 0 radical (unpaired) electrons. The summed E-state index contributed by atoms with van der Waals surface area (Å²) in [7, 11) is 1.54. The zero-order chi connectivity index (χ0) is 29.5. The van der Waals surface area contributed by atoms with Gasteiger partial charge >= 0.3 is 11.7 Å². The molecule has 218 valence electrons. The van der Waals surface area contributed by atoms with Gasteiger partial charge in [-0.05, 0) is 52.5 Å². The molecule has 3 heterocycles. The lowest BCUT2D eigenvalue weighted by Crippen LogP contribution is -2.52. The van der Waals surface area contributed by atoms with Crippen molar-refractivity contribution in [1.29, 1.82) is 0 Å². The number of aliphatic hydroxyl groups excluding tert-OH is 1. The van der Waals surface area contributed by atoms with Gasteiger partial charge in [-0.25, -0.2) is 23.5 Å². The van der Waals surface area contributed by atoms with Crippen LogP contribution < -0.4 is 16.0 Å². The molecule has 0 bridgehead atoms. The summed E-state index contributed by atoms with van der Waals surface area (Å²) in [6, 6.07) is 7.26. The van der Waals surface area contributed by atoms with Gasteiger partial charge in [-0.3, -0.25) is 4.79 Å². The third kappa shape index (κ3) is 5.08. The van der Waals surface area contributed by atoms with Crippen LogP contribution in [0.3, 0.4) is 0 Å². The minimum Gasteiger partial charge on any atom is -0.496 e. The summed E-state index contributed by atoms with van der Waals surface area (Å²) in [6.45, 7) is 4.19. The van der Waals surface area contributed by atoms with Crippen molar-refractivity contribution in [2.75, 3.05) is 7.11 Å². The van der Waals surface area contributed by atoms with Gasteiger partial charge in [0.15, 0.2) is 0 Å². The third-order valence-electron chi connectivity index (χ3n) is 7.75. The standard InChI is InChI=1S/C29H33N3O9/c1-16-23(24-30-13-14-39-24)41-26-20(25(34)32(28(37)31(16)26)29(2,3)27(35)36)15-22(19-7-5-6-8-21(19)38-4)40-18-11-9-17(33)10-12-18/h5-8,13-14,17-18,22,33H,9-12,15H2,1-4H3,(H,35,36)/t17-,18+,22-/m0/s1. The average molecular weight is 568 g/mol. The Hall–Kier alpha value is -4.16. The van der Waals surface area contributed by atoms with E-state index < -0.39 is 28.9 Å². The number of ether oxygens (including phenoxy) is 2. The Bertz CT molecular complexity index is 1670. The average Bonchev–Trinajstić information content (AvgIpc) is 3.59. The monoisotopic (exact) mass is 567 g/mol. The maximum Gasteiger partial charge on any atom is 0.339 e. The maximum atomic E-state index is 14.1. The smallest absolute Gasteiger partial charge is 0.339 e. The second-order valence-electron chi connectivity index (χ2n) is 10.8. The highest BCUT2D eigenvalue weighted by molar-refractivity contribution is 5.75. The van der Waals surface area contributed by atoms with Gasteiger partial charge in [-0.15, -0.1) is 0 Å². The molecule has 5 rings (SSSR count). The zero-order valence-electron chi connectivity index (χ0n) is 23.3. The van der Waals surface area contributed by atoms with E-state index >= 15 is 0 Å². The first kappa shape index (κ1) is 28.4. The Labute approximate surface area is 234 Å². The van der Waals surface area contributed by atoms with E-state index in [0.29, 0.717) is 42.7 Å². The predicted molar refractivity (Wildman–Crippen MR) is 146 cm³/mol. The van der Waals surface area contributed by atoms with Crippen LogP contribution >= 0.6 is 0 Å². The van der Waals surface area contributed by atoms with Crippen LogP contribution in [-0.2, 0) is 21.5 Å². The number of aliphatic hydroxyl groups is 1. The van der Waals surface area contributed by atoms with Crippen LogP contribution in [0.4, 0.5) is 0 Å². The van der Waals surface area contributed by atoms with Gasteiger partial charge in [0.2, 0.25) is 11.5 Å². The SMILES string of the molecule is COc1ccccc1[C@H](Cc1c(=O)n(C(C)(C)C(=O)O)c(=O)n2c(C)c(-c3ncco3)oc12)O[C@H]1CC[C@@H](O)CC1. The van der Waals surface area contributed by atoms with Crippen molar-refractivity contribution in [3.05, 3.63) is 74.4 Å². The number of para-hydroxylation sites is 1. The number of nitrogens with zero attached hydrogens (tertiary/aromatic N) is 3. The Balaban J connectivity index is 1.74. The first-order valence-electron chi connectivity index (χ1n) is 13.4. The van der Waals surface area contributed by atoms with Gasteiger partial charge in [0.1, 0.15) is 17.6 Å². The number of rotatable bonds is 9. The first-order valence-corrected chi connectivity index (χ1v) is 13.4. The Morgan fingerprint density at radius 2 is 1.90 bits per heavy atom. The maximum absolute atomic E-state index is 14.1. The molecule has 0 saturated heterocycles. The highest BCUT2D eigenvalue weighted by atomic mass is 16.5. The van der Waals surface area contributed by atoms with E-state index in [2.05, 4.69) is 4.98 Å². The summed E-state index contributed by atoms with van der Waals surface area (Å²) in [4.78, 5) is 44.2. The van der Waals surface area contributed by atoms with Crippen LogP contribution in [0.25, 0.3) is 17.4 Å². The summed E-state index contributed by atoms with van der Waals surface area (Å²) >= 11 is 0. The number of methoxy groups -OCH3 is 1. The molecule has 1 aliphatic carbocycles. The number of carbonyl (C=O) groups is 1. The normalized spacial score (nSPS) is 18.5. The van der Waals surface area contributed by atoms with Crippen LogP contribution in [0.2, 0.25) is 0 Å². The van der Waals surface area contributed by atoms with Crippen molar-refractivity contribution < 1.29 is 33.3 Å². The number of carboxylic acid groups (broad SMARTS) is 1. The molecule has 4 aromatic rings. The molecule has 12 nitrogen and oxygen atoms in total. The minimum absolute atomic E-state index is 0.0478. The molecule has 12 heteroatoms. The van der Waals surface area contributed by atoms with Gasteiger partial charge < -0.3 is 28.5 Å². The Morgan fingerprint density at radius 1 is 1.20 bits per heavy atom. The molecule has 0 unspecified atom stereocenters. The second-order valence-corrected chi connectivity index (χ2v) is 10.8. The van der Waals surface area contributed by atoms with Crippen molar-refractivity contribution in [2.24, 2.45) is 0 Å². The number of fused-ring (bicyclic) bond motifs is 1. The molecule has 0 spiro atoms. The van der Waals surface area contributed by atoms with Crippen molar-refractivity contribution in [1.82, 2.24) is 14.0 Å². The van der Waals surface area contributed by atoms with E-state index in [1.807, 2.05) is 18.2 Å². The number of hydrogen-bond donors (Lipinski definition) is 2. The fourth-order valence-corrected chi connectivity index (χ4v) is 5.37. The lowest BCUT2D eigenvalue weighted by Gasteiger charge is -2.30. The first-order chi connectivity index (χ1) is 19.5. The number of aliphatic carboxylic acids is 1. The van der Waals surface area contributed by atoms with Crippen LogP contribution in [0, 0.1) is 6.92 Å². The quantitative estimate of drug-likeness (QED) is 0.307. The molecular formula is C29H33N3O9. The number of oxazole rings is 2. The third-order valence-corrected chi connectivity index (χ3v) is 7.75. The number of benzene rings is 1. The predicted octanol–water partition coefficient (Wildman–Crippen LogP) is 3.45. The number of carboxylic acids is 1. The van der Waals surface area contributed by atoms with Crippen LogP contribution in [-0.4, -0.2) is 49.5 Å². The molecular weight excluding hydrogens is 534 g/mol. The van der Waals surface area contributed by atoms with E-state index in [9.17, 15) is 24.6 Å².